The van der Waals surface area contributed by atoms with Crippen molar-refractivity contribution in [2.75, 3.05) is 26.2 Å². The number of likely N-dealkylation sites (N-methyl/N-ethyl adjacent to an activating group) is 1. The van der Waals surface area contributed by atoms with Gasteiger partial charge in [-0.3, -0.25) is 4.79 Å². The Labute approximate surface area is 97.8 Å². The van der Waals surface area contributed by atoms with Crippen LogP contribution < -0.4 is 10.6 Å². The lowest BCUT2D eigenvalue weighted by atomic mass is 9.79. The molecule has 1 rings (SSSR count). The monoisotopic (exact) mass is 228 g/mol. The van der Waals surface area contributed by atoms with Crippen LogP contribution in [0, 0.1) is 11.8 Å². The predicted octanol–water partition coefficient (Wildman–Crippen LogP) is 0.511. The Balaban J connectivity index is 2.17. The highest BCUT2D eigenvalue weighted by Gasteiger charge is 2.23. The molecule has 4 heteroatoms. The molecule has 0 aliphatic heterocycles. The second-order valence-electron chi connectivity index (χ2n) is 4.57. The van der Waals surface area contributed by atoms with E-state index in [1.807, 2.05) is 6.92 Å². The minimum atomic E-state index is 0.0545. The van der Waals surface area contributed by atoms with Gasteiger partial charge in [-0.2, -0.15) is 0 Å². The molecule has 16 heavy (non-hydrogen) atoms. The van der Waals surface area contributed by atoms with Crippen LogP contribution in [0.25, 0.3) is 0 Å². The molecular formula is C12H24N2O2. The first-order valence-corrected chi connectivity index (χ1v) is 6.36. The van der Waals surface area contributed by atoms with Crippen molar-refractivity contribution in [2.24, 2.45) is 11.8 Å². The molecule has 3 N–H and O–H groups in total. The number of carbonyl (C=O) groups is 1. The molecule has 0 aromatic rings. The summed E-state index contributed by atoms with van der Waals surface area (Å²) >= 11 is 0. The Hall–Kier alpha value is -0.610. The normalized spacial score (nSPS) is 25.4. The van der Waals surface area contributed by atoms with E-state index in [4.69, 9.17) is 0 Å². The maximum absolute atomic E-state index is 11.2. The van der Waals surface area contributed by atoms with Gasteiger partial charge >= 0.3 is 0 Å². The number of amides is 1. The Morgan fingerprint density at radius 1 is 1.31 bits per heavy atom. The van der Waals surface area contributed by atoms with E-state index in [2.05, 4.69) is 10.6 Å². The van der Waals surface area contributed by atoms with Crippen LogP contribution >= 0.6 is 0 Å². The lowest BCUT2D eigenvalue weighted by Crippen LogP contribution is -2.38. The zero-order valence-electron chi connectivity index (χ0n) is 10.2. The van der Waals surface area contributed by atoms with Gasteiger partial charge in [0.05, 0.1) is 6.54 Å². The van der Waals surface area contributed by atoms with Gasteiger partial charge in [0.1, 0.15) is 0 Å². The number of hydrogen-bond acceptors (Lipinski definition) is 3. The van der Waals surface area contributed by atoms with Crippen molar-refractivity contribution in [1.29, 1.82) is 0 Å². The summed E-state index contributed by atoms with van der Waals surface area (Å²) in [5.74, 6) is 1.02. The molecule has 1 fully saturated rings. The molecule has 94 valence electrons. The Bertz CT molecular complexity index is 209. The molecule has 2 unspecified atom stereocenters. The fourth-order valence-electron chi connectivity index (χ4n) is 2.42. The van der Waals surface area contributed by atoms with E-state index >= 15 is 0 Å². The van der Waals surface area contributed by atoms with Crippen molar-refractivity contribution < 1.29 is 9.90 Å². The quantitative estimate of drug-likeness (QED) is 0.621. The predicted molar refractivity (Wildman–Crippen MR) is 64.1 cm³/mol. The average molecular weight is 228 g/mol. The van der Waals surface area contributed by atoms with Crippen LogP contribution in [0.5, 0.6) is 0 Å². The van der Waals surface area contributed by atoms with E-state index in [0.717, 1.165) is 13.0 Å². The van der Waals surface area contributed by atoms with Gasteiger partial charge in [-0.25, -0.2) is 0 Å². The number of carbonyl (C=O) groups excluding carboxylic acids is 1. The SMILES string of the molecule is CCNC(=O)CNCC1CCCCC1CO. The molecular weight excluding hydrogens is 204 g/mol. The first-order chi connectivity index (χ1) is 7.77. The van der Waals surface area contributed by atoms with Gasteiger partial charge in [0.25, 0.3) is 0 Å². The lowest BCUT2D eigenvalue weighted by Gasteiger charge is -2.30. The molecule has 0 heterocycles. The van der Waals surface area contributed by atoms with Crippen LogP contribution in [0.3, 0.4) is 0 Å². The minimum absolute atomic E-state index is 0.0545. The Morgan fingerprint density at radius 2 is 2.00 bits per heavy atom. The number of aliphatic hydroxyl groups is 1. The topological polar surface area (TPSA) is 61.4 Å². The highest BCUT2D eigenvalue weighted by Crippen LogP contribution is 2.28. The van der Waals surface area contributed by atoms with Crippen LogP contribution in [0.15, 0.2) is 0 Å². The molecule has 4 nitrogen and oxygen atoms in total. The van der Waals surface area contributed by atoms with Gasteiger partial charge in [0.2, 0.25) is 5.91 Å². The molecule has 1 saturated carbocycles. The molecule has 0 aromatic carbocycles. The maximum Gasteiger partial charge on any atom is 0.233 e. The first-order valence-electron chi connectivity index (χ1n) is 6.36. The van der Waals surface area contributed by atoms with Gasteiger partial charge < -0.3 is 15.7 Å². The van der Waals surface area contributed by atoms with E-state index in [-0.39, 0.29) is 12.5 Å². The molecule has 0 saturated heterocycles. The van der Waals surface area contributed by atoms with Gasteiger partial charge in [-0.1, -0.05) is 12.8 Å². The molecule has 1 aliphatic carbocycles. The van der Waals surface area contributed by atoms with E-state index in [0.29, 0.717) is 24.9 Å². The van der Waals surface area contributed by atoms with Crippen molar-refractivity contribution >= 4 is 5.91 Å². The zero-order valence-corrected chi connectivity index (χ0v) is 10.2. The van der Waals surface area contributed by atoms with Gasteiger partial charge in [-0.15, -0.1) is 0 Å². The number of hydrogen-bond donors (Lipinski definition) is 3. The third-order valence-electron chi connectivity index (χ3n) is 3.37. The van der Waals surface area contributed by atoms with Crippen LogP contribution in [-0.2, 0) is 4.79 Å². The molecule has 0 aromatic heterocycles. The third-order valence-corrected chi connectivity index (χ3v) is 3.37. The van der Waals surface area contributed by atoms with E-state index < -0.39 is 0 Å². The zero-order chi connectivity index (χ0) is 11.8. The molecule has 0 radical (unpaired) electrons. The standard InChI is InChI=1S/C12H24N2O2/c1-2-14-12(16)8-13-7-10-5-3-4-6-11(10)9-15/h10-11,13,15H,2-9H2,1H3,(H,14,16). The van der Waals surface area contributed by atoms with Crippen LogP contribution in [0.1, 0.15) is 32.6 Å². The smallest absolute Gasteiger partial charge is 0.233 e. The summed E-state index contributed by atoms with van der Waals surface area (Å²) in [6.45, 7) is 4.13. The van der Waals surface area contributed by atoms with E-state index in [1.165, 1.54) is 19.3 Å². The molecule has 1 amide bonds. The minimum Gasteiger partial charge on any atom is -0.396 e. The van der Waals surface area contributed by atoms with Crippen molar-refractivity contribution in [3.05, 3.63) is 0 Å². The van der Waals surface area contributed by atoms with Gasteiger partial charge in [0.15, 0.2) is 0 Å². The average Bonchev–Trinajstić information content (AvgIpc) is 2.30. The molecule has 2 atom stereocenters. The summed E-state index contributed by atoms with van der Waals surface area (Å²) in [4.78, 5) is 11.2. The number of rotatable bonds is 6. The van der Waals surface area contributed by atoms with Gasteiger partial charge in [0, 0.05) is 13.2 Å². The van der Waals surface area contributed by atoms with Crippen molar-refractivity contribution in [2.45, 2.75) is 32.6 Å². The van der Waals surface area contributed by atoms with Crippen molar-refractivity contribution in [3.8, 4) is 0 Å². The second-order valence-corrected chi connectivity index (χ2v) is 4.57. The first kappa shape index (κ1) is 13.5. The second kappa shape index (κ2) is 7.63. The highest BCUT2D eigenvalue weighted by molar-refractivity contribution is 5.77. The van der Waals surface area contributed by atoms with Crippen LogP contribution in [0.2, 0.25) is 0 Å². The summed E-state index contributed by atoms with van der Waals surface area (Å²) in [5, 5.41) is 15.2. The summed E-state index contributed by atoms with van der Waals surface area (Å²) in [6.07, 6.45) is 4.79. The largest absolute Gasteiger partial charge is 0.396 e. The maximum atomic E-state index is 11.2. The van der Waals surface area contributed by atoms with Crippen LogP contribution in [0.4, 0.5) is 0 Å². The Morgan fingerprint density at radius 3 is 2.62 bits per heavy atom. The summed E-state index contributed by atoms with van der Waals surface area (Å²) in [5.41, 5.74) is 0. The number of aliphatic hydroxyl groups excluding tert-OH is 1. The Kier molecular flexibility index (Phi) is 6.42. The molecule has 0 bridgehead atoms. The summed E-state index contributed by atoms with van der Waals surface area (Å²) < 4.78 is 0. The van der Waals surface area contributed by atoms with Crippen molar-refractivity contribution in [3.63, 3.8) is 0 Å². The van der Waals surface area contributed by atoms with Crippen molar-refractivity contribution in [1.82, 2.24) is 10.6 Å². The van der Waals surface area contributed by atoms with E-state index in [1.54, 1.807) is 0 Å². The number of nitrogens with one attached hydrogen (secondary N) is 2. The lowest BCUT2D eigenvalue weighted by molar-refractivity contribution is -0.120. The fraction of sp³-hybridized carbons (Fsp3) is 0.917. The third kappa shape index (κ3) is 4.49. The molecule has 0 spiro atoms. The summed E-state index contributed by atoms with van der Waals surface area (Å²) in [6, 6.07) is 0. The van der Waals surface area contributed by atoms with E-state index in [9.17, 15) is 9.90 Å². The fourth-order valence-corrected chi connectivity index (χ4v) is 2.42. The van der Waals surface area contributed by atoms with Crippen LogP contribution in [-0.4, -0.2) is 37.3 Å². The molecule has 1 aliphatic rings. The highest BCUT2D eigenvalue weighted by atomic mass is 16.3. The summed E-state index contributed by atoms with van der Waals surface area (Å²) in [7, 11) is 0. The van der Waals surface area contributed by atoms with Gasteiger partial charge in [-0.05, 0) is 38.1 Å².